The van der Waals surface area contributed by atoms with Crippen molar-refractivity contribution in [2.75, 3.05) is 31.6 Å². The predicted molar refractivity (Wildman–Crippen MR) is 62.0 cm³/mol. The molecule has 1 unspecified atom stereocenters. The third kappa shape index (κ3) is 3.36. The molecule has 0 amide bonds. The molecule has 1 aromatic heterocycles. The first-order valence-corrected chi connectivity index (χ1v) is 5.41. The zero-order valence-electron chi connectivity index (χ0n) is 9.26. The highest BCUT2D eigenvalue weighted by molar-refractivity contribution is 5.44. The highest BCUT2D eigenvalue weighted by Gasteiger charge is 2.13. The number of morpholine rings is 1. The Labute approximate surface area is 98.3 Å². The van der Waals surface area contributed by atoms with Gasteiger partial charge in [0.1, 0.15) is 5.82 Å². The standard InChI is InChI=1S/C10H14N4O3/c15-14(16)9-1-2-12-10(5-9)13-6-8-7-17-4-3-11-8/h1-2,5,8,11H,3-4,6-7H2,(H,12,13). The summed E-state index contributed by atoms with van der Waals surface area (Å²) in [5.41, 5.74) is 0.0374. The van der Waals surface area contributed by atoms with E-state index >= 15 is 0 Å². The minimum atomic E-state index is -0.436. The van der Waals surface area contributed by atoms with E-state index in [4.69, 9.17) is 4.74 Å². The second-order valence-corrected chi connectivity index (χ2v) is 3.76. The Hall–Kier alpha value is -1.73. The van der Waals surface area contributed by atoms with Crippen molar-refractivity contribution in [2.24, 2.45) is 0 Å². The number of rotatable bonds is 4. The van der Waals surface area contributed by atoms with Gasteiger partial charge in [-0.05, 0) is 0 Å². The molecule has 2 rings (SSSR count). The SMILES string of the molecule is O=[N+]([O-])c1ccnc(NCC2COCCN2)c1. The lowest BCUT2D eigenvalue weighted by atomic mass is 10.3. The maximum absolute atomic E-state index is 10.6. The molecule has 1 saturated heterocycles. The molecular weight excluding hydrogens is 224 g/mol. The van der Waals surface area contributed by atoms with E-state index in [1.165, 1.54) is 18.3 Å². The van der Waals surface area contributed by atoms with Crippen LogP contribution in [-0.4, -0.2) is 42.3 Å². The molecule has 2 heterocycles. The third-order valence-corrected chi connectivity index (χ3v) is 2.48. The number of hydrogen-bond donors (Lipinski definition) is 2. The Morgan fingerprint density at radius 3 is 3.29 bits per heavy atom. The van der Waals surface area contributed by atoms with Crippen molar-refractivity contribution in [3.8, 4) is 0 Å². The van der Waals surface area contributed by atoms with E-state index in [1.54, 1.807) is 0 Å². The van der Waals surface area contributed by atoms with E-state index in [0.717, 1.165) is 13.2 Å². The van der Waals surface area contributed by atoms with Crippen molar-refractivity contribution < 1.29 is 9.66 Å². The molecule has 1 fully saturated rings. The van der Waals surface area contributed by atoms with E-state index in [1.807, 2.05) is 0 Å². The number of aromatic nitrogens is 1. The van der Waals surface area contributed by atoms with Gasteiger partial charge >= 0.3 is 0 Å². The van der Waals surface area contributed by atoms with Crippen LogP contribution in [0.15, 0.2) is 18.3 Å². The zero-order chi connectivity index (χ0) is 12.1. The zero-order valence-corrected chi connectivity index (χ0v) is 9.26. The van der Waals surface area contributed by atoms with Gasteiger partial charge in [-0.1, -0.05) is 0 Å². The summed E-state index contributed by atoms with van der Waals surface area (Å²) in [6.45, 7) is 2.83. The lowest BCUT2D eigenvalue weighted by Crippen LogP contribution is -2.45. The molecule has 1 atom stereocenters. The minimum Gasteiger partial charge on any atom is -0.378 e. The summed E-state index contributed by atoms with van der Waals surface area (Å²) >= 11 is 0. The Morgan fingerprint density at radius 2 is 2.59 bits per heavy atom. The maximum Gasteiger partial charge on any atom is 0.274 e. The van der Waals surface area contributed by atoms with E-state index in [9.17, 15) is 10.1 Å². The highest BCUT2D eigenvalue weighted by atomic mass is 16.6. The van der Waals surface area contributed by atoms with Gasteiger partial charge in [-0.3, -0.25) is 10.1 Å². The van der Waals surface area contributed by atoms with Gasteiger partial charge in [0.15, 0.2) is 0 Å². The molecule has 0 aromatic carbocycles. The number of ether oxygens (including phenoxy) is 1. The first-order chi connectivity index (χ1) is 8.25. The number of nitrogens with one attached hydrogen (secondary N) is 2. The summed E-state index contributed by atoms with van der Waals surface area (Å²) in [7, 11) is 0. The van der Waals surface area contributed by atoms with E-state index < -0.39 is 4.92 Å². The molecular formula is C10H14N4O3. The second-order valence-electron chi connectivity index (χ2n) is 3.76. The number of pyridine rings is 1. The first-order valence-electron chi connectivity index (χ1n) is 5.41. The fourth-order valence-corrected chi connectivity index (χ4v) is 1.61. The number of nitrogens with zero attached hydrogens (tertiary/aromatic N) is 2. The van der Waals surface area contributed by atoms with Gasteiger partial charge < -0.3 is 15.4 Å². The lowest BCUT2D eigenvalue weighted by Gasteiger charge is -2.24. The van der Waals surface area contributed by atoms with Gasteiger partial charge in [-0.15, -0.1) is 0 Å². The Bertz CT molecular complexity index is 393. The molecule has 2 N–H and O–H groups in total. The monoisotopic (exact) mass is 238 g/mol. The average Bonchev–Trinajstić information content (AvgIpc) is 2.38. The molecule has 1 aliphatic rings. The third-order valence-electron chi connectivity index (χ3n) is 2.48. The van der Waals surface area contributed by atoms with Crippen molar-refractivity contribution in [3.63, 3.8) is 0 Å². The molecule has 7 nitrogen and oxygen atoms in total. The number of nitro groups is 1. The topological polar surface area (TPSA) is 89.3 Å². The Balaban J connectivity index is 1.89. The molecule has 17 heavy (non-hydrogen) atoms. The van der Waals surface area contributed by atoms with Gasteiger partial charge in [0.05, 0.1) is 24.2 Å². The fourth-order valence-electron chi connectivity index (χ4n) is 1.61. The molecule has 0 radical (unpaired) electrons. The van der Waals surface area contributed by atoms with Crippen LogP contribution in [0.1, 0.15) is 0 Å². The van der Waals surface area contributed by atoms with Crippen LogP contribution in [0.4, 0.5) is 11.5 Å². The van der Waals surface area contributed by atoms with Crippen LogP contribution in [0, 0.1) is 10.1 Å². The van der Waals surface area contributed by atoms with Crippen LogP contribution < -0.4 is 10.6 Å². The molecule has 7 heteroatoms. The van der Waals surface area contributed by atoms with Crippen LogP contribution in [0.2, 0.25) is 0 Å². The predicted octanol–water partition coefficient (Wildman–Crippen LogP) is 0.390. The molecule has 0 bridgehead atoms. The summed E-state index contributed by atoms with van der Waals surface area (Å²) < 4.78 is 5.30. The molecule has 0 saturated carbocycles. The summed E-state index contributed by atoms with van der Waals surface area (Å²) in [6, 6.07) is 3.00. The maximum atomic E-state index is 10.6. The number of hydrogen-bond acceptors (Lipinski definition) is 6. The van der Waals surface area contributed by atoms with Gasteiger partial charge in [-0.25, -0.2) is 4.98 Å². The minimum absolute atomic E-state index is 0.0374. The summed E-state index contributed by atoms with van der Waals surface area (Å²) in [5.74, 6) is 0.506. The molecule has 1 aliphatic heterocycles. The molecule has 0 spiro atoms. The normalized spacial score (nSPS) is 19.9. The quantitative estimate of drug-likeness (QED) is 0.582. The first kappa shape index (κ1) is 11.7. The van der Waals surface area contributed by atoms with Gasteiger partial charge in [0.2, 0.25) is 0 Å². The average molecular weight is 238 g/mol. The summed E-state index contributed by atoms with van der Waals surface area (Å²) in [5, 5.41) is 16.9. The lowest BCUT2D eigenvalue weighted by molar-refractivity contribution is -0.384. The molecule has 1 aromatic rings. The van der Waals surface area contributed by atoms with Gasteiger partial charge in [0.25, 0.3) is 5.69 Å². The van der Waals surface area contributed by atoms with Crippen molar-refractivity contribution in [3.05, 3.63) is 28.4 Å². The highest BCUT2D eigenvalue weighted by Crippen LogP contribution is 2.13. The van der Waals surface area contributed by atoms with E-state index in [0.29, 0.717) is 19.0 Å². The second kappa shape index (κ2) is 5.55. The van der Waals surface area contributed by atoms with Gasteiger partial charge in [-0.2, -0.15) is 0 Å². The number of anilines is 1. The van der Waals surface area contributed by atoms with Crippen LogP contribution in [-0.2, 0) is 4.74 Å². The van der Waals surface area contributed by atoms with Crippen LogP contribution in [0.25, 0.3) is 0 Å². The smallest absolute Gasteiger partial charge is 0.274 e. The largest absolute Gasteiger partial charge is 0.378 e. The Morgan fingerprint density at radius 1 is 1.71 bits per heavy atom. The Kier molecular flexibility index (Phi) is 3.84. The molecule has 92 valence electrons. The fraction of sp³-hybridized carbons (Fsp3) is 0.500. The van der Waals surface area contributed by atoms with Crippen molar-refractivity contribution in [2.45, 2.75) is 6.04 Å². The molecule has 0 aliphatic carbocycles. The van der Waals surface area contributed by atoms with Crippen LogP contribution in [0.3, 0.4) is 0 Å². The van der Waals surface area contributed by atoms with Crippen molar-refractivity contribution >= 4 is 11.5 Å². The van der Waals surface area contributed by atoms with Crippen LogP contribution in [0.5, 0.6) is 0 Å². The van der Waals surface area contributed by atoms with Gasteiger partial charge in [0, 0.05) is 31.4 Å². The van der Waals surface area contributed by atoms with Crippen LogP contribution >= 0.6 is 0 Å². The summed E-state index contributed by atoms with van der Waals surface area (Å²) in [4.78, 5) is 14.2. The van der Waals surface area contributed by atoms with E-state index in [2.05, 4.69) is 15.6 Å². The van der Waals surface area contributed by atoms with E-state index in [-0.39, 0.29) is 11.7 Å². The summed E-state index contributed by atoms with van der Waals surface area (Å²) in [6.07, 6.45) is 1.42. The van der Waals surface area contributed by atoms with Crippen molar-refractivity contribution in [1.29, 1.82) is 0 Å². The van der Waals surface area contributed by atoms with Crippen molar-refractivity contribution in [1.82, 2.24) is 10.3 Å².